The van der Waals surface area contributed by atoms with Crippen molar-refractivity contribution in [2.24, 2.45) is 5.92 Å². The molecule has 0 spiro atoms. The second-order valence-electron chi connectivity index (χ2n) is 10.5. The lowest BCUT2D eigenvalue weighted by atomic mass is 10.1. The highest BCUT2D eigenvalue weighted by Gasteiger charge is 2.30. The standard InChI is InChI=1S/C30H40ClN2OS.BrH/c1-5-33(6-2,21-25-18-22(3)17-23(4)19-25)16-10-9-15-32(20-24-13-14-24)30(34)29-28(31)26-11-7-8-12-27(26)35-29;/h7-8,11-12,17-19,24H,5-6,9-10,13-16,20-21H2,1-4H3;1H/q+1;/p-1. The highest BCUT2D eigenvalue weighted by Crippen LogP contribution is 2.37. The summed E-state index contributed by atoms with van der Waals surface area (Å²) in [4.78, 5) is 16.3. The molecule has 1 aromatic heterocycles. The maximum absolute atomic E-state index is 13.6. The molecule has 1 saturated carbocycles. The van der Waals surface area contributed by atoms with Crippen LogP contribution in [0.15, 0.2) is 42.5 Å². The lowest BCUT2D eigenvalue weighted by Crippen LogP contribution is -3.00. The van der Waals surface area contributed by atoms with Crippen LogP contribution in [0.3, 0.4) is 0 Å². The predicted octanol–water partition coefficient (Wildman–Crippen LogP) is 4.86. The zero-order chi connectivity index (χ0) is 25.0. The van der Waals surface area contributed by atoms with Crippen molar-refractivity contribution in [3.05, 3.63) is 69.1 Å². The number of nitrogens with zero attached hydrogens (tertiary/aromatic N) is 2. The highest BCUT2D eigenvalue weighted by molar-refractivity contribution is 7.21. The first-order valence-corrected chi connectivity index (χ1v) is 14.4. The van der Waals surface area contributed by atoms with Gasteiger partial charge in [-0.15, -0.1) is 11.3 Å². The summed E-state index contributed by atoms with van der Waals surface area (Å²) in [5.41, 5.74) is 4.13. The molecule has 196 valence electrons. The Morgan fingerprint density at radius 3 is 2.33 bits per heavy atom. The number of fused-ring (bicyclic) bond motifs is 1. The van der Waals surface area contributed by atoms with Crippen LogP contribution in [0.5, 0.6) is 0 Å². The molecule has 0 radical (unpaired) electrons. The summed E-state index contributed by atoms with van der Waals surface area (Å²) in [7, 11) is 0. The van der Waals surface area contributed by atoms with Crippen LogP contribution in [-0.2, 0) is 6.54 Å². The number of amides is 1. The third-order valence-electron chi connectivity index (χ3n) is 7.64. The molecule has 0 saturated heterocycles. The van der Waals surface area contributed by atoms with Crippen molar-refractivity contribution < 1.29 is 26.3 Å². The lowest BCUT2D eigenvalue weighted by Gasteiger charge is -2.37. The molecule has 1 fully saturated rings. The molecular formula is C30H40BrClN2OS. The summed E-state index contributed by atoms with van der Waals surface area (Å²) >= 11 is 8.20. The van der Waals surface area contributed by atoms with Crippen molar-refractivity contribution >= 4 is 38.9 Å². The van der Waals surface area contributed by atoms with Crippen LogP contribution < -0.4 is 17.0 Å². The molecule has 1 amide bonds. The second kappa shape index (κ2) is 12.9. The minimum Gasteiger partial charge on any atom is -1.00 e. The molecule has 4 rings (SSSR count). The highest BCUT2D eigenvalue weighted by atomic mass is 79.9. The van der Waals surface area contributed by atoms with E-state index >= 15 is 0 Å². The Hall–Kier alpha value is -1.40. The molecule has 1 aliphatic carbocycles. The molecule has 1 aliphatic rings. The topological polar surface area (TPSA) is 20.3 Å². The first-order valence-electron chi connectivity index (χ1n) is 13.2. The number of halogens is 2. The van der Waals surface area contributed by atoms with Gasteiger partial charge in [0, 0.05) is 28.7 Å². The van der Waals surface area contributed by atoms with Crippen LogP contribution >= 0.6 is 22.9 Å². The average molecular weight is 592 g/mol. The third-order valence-corrected chi connectivity index (χ3v) is 9.31. The van der Waals surface area contributed by atoms with E-state index < -0.39 is 0 Å². The number of rotatable bonds is 12. The monoisotopic (exact) mass is 590 g/mol. The van der Waals surface area contributed by atoms with Crippen molar-refractivity contribution in [3.63, 3.8) is 0 Å². The van der Waals surface area contributed by atoms with E-state index in [1.807, 2.05) is 18.2 Å². The minimum absolute atomic E-state index is 0. The molecule has 1 heterocycles. The first-order chi connectivity index (χ1) is 16.8. The van der Waals surface area contributed by atoms with Crippen LogP contribution in [-0.4, -0.2) is 48.0 Å². The molecule has 3 aromatic rings. The first kappa shape index (κ1) is 29.2. The molecule has 36 heavy (non-hydrogen) atoms. The van der Waals surface area contributed by atoms with Gasteiger partial charge in [-0.2, -0.15) is 0 Å². The van der Waals surface area contributed by atoms with Crippen molar-refractivity contribution in [1.82, 2.24) is 4.90 Å². The maximum atomic E-state index is 13.6. The second-order valence-corrected chi connectivity index (χ2v) is 11.9. The molecule has 2 aromatic carbocycles. The van der Waals surface area contributed by atoms with Gasteiger partial charge in [0.1, 0.15) is 11.4 Å². The van der Waals surface area contributed by atoms with Crippen LogP contribution in [0, 0.1) is 19.8 Å². The Labute approximate surface area is 236 Å². The van der Waals surface area contributed by atoms with E-state index in [0.29, 0.717) is 15.8 Å². The Morgan fingerprint density at radius 2 is 1.72 bits per heavy atom. The molecule has 0 bridgehead atoms. The van der Waals surface area contributed by atoms with E-state index in [1.54, 1.807) is 0 Å². The lowest BCUT2D eigenvalue weighted by molar-refractivity contribution is -0.938. The Kier molecular flexibility index (Phi) is 10.5. The Balaban J connectivity index is 0.00000361. The third kappa shape index (κ3) is 7.12. The summed E-state index contributed by atoms with van der Waals surface area (Å²) in [6.45, 7) is 15.2. The zero-order valence-electron chi connectivity index (χ0n) is 22.2. The largest absolute Gasteiger partial charge is 1.00 e. The van der Waals surface area contributed by atoms with Crippen LogP contribution in [0.2, 0.25) is 5.02 Å². The molecule has 0 aliphatic heterocycles. The molecule has 6 heteroatoms. The number of aryl methyl sites for hydroxylation is 2. The van der Waals surface area contributed by atoms with Gasteiger partial charge in [-0.05, 0) is 65.4 Å². The van der Waals surface area contributed by atoms with Crippen molar-refractivity contribution in [2.75, 3.05) is 32.7 Å². The van der Waals surface area contributed by atoms with E-state index in [2.05, 4.69) is 56.9 Å². The fraction of sp³-hybridized carbons (Fsp3) is 0.500. The van der Waals surface area contributed by atoms with Gasteiger partial charge in [-0.3, -0.25) is 4.79 Å². The predicted molar refractivity (Wildman–Crippen MR) is 151 cm³/mol. The van der Waals surface area contributed by atoms with Crippen LogP contribution in [0.1, 0.15) is 65.9 Å². The van der Waals surface area contributed by atoms with E-state index in [-0.39, 0.29) is 22.9 Å². The van der Waals surface area contributed by atoms with Gasteiger partial charge in [0.25, 0.3) is 5.91 Å². The maximum Gasteiger partial charge on any atom is 0.265 e. The van der Waals surface area contributed by atoms with Gasteiger partial charge in [-0.25, -0.2) is 0 Å². The average Bonchev–Trinajstić information content (AvgIpc) is 3.60. The molecule has 3 nitrogen and oxygen atoms in total. The number of hydrogen-bond donors (Lipinski definition) is 0. The van der Waals surface area contributed by atoms with Gasteiger partial charge in [0.15, 0.2) is 0 Å². The van der Waals surface area contributed by atoms with Crippen molar-refractivity contribution in [3.8, 4) is 0 Å². The number of carbonyl (C=O) groups excluding carboxylic acids is 1. The smallest absolute Gasteiger partial charge is 0.265 e. The summed E-state index contributed by atoms with van der Waals surface area (Å²) in [5.74, 6) is 0.780. The van der Waals surface area contributed by atoms with Crippen LogP contribution in [0.25, 0.3) is 10.1 Å². The van der Waals surface area contributed by atoms with E-state index in [1.165, 1.54) is 40.9 Å². The fourth-order valence-corrected chi connectivity index (χ4v) is 6.80. The number of unbranched alkanes of at least 4 members (excludes halogenated alkanes) is 1. The number of thiophene rings is 1. The van der Waals surface area contributed by atoms with Gasteiger partial charge >= 0.3 is 0 Å². The minimum atomic E-state index is 0. The van der Waals surface area contributed by atoms with Crippen molar-refractivity contribution in [2.45, 2.75) is 59.9 Å². The van der Waals surface area contributed by atoms with Crippen molar-refractivity contribution in [1.29, 1.82) is 0 Å². The van der Waals surface area contributed by atoms with Gasteiger partial charge in [-0.1, -0.05) is 59.1 Å². The van der Waals surface area contributed by atoms with Gasteiger partial charge < -0.3 is 26.4 Å². The van der Waals surface area contributed by atoms with E-state index in [4.69, 9.17) is 11.6 Å². The number of benzene rings is 2. The molecule has 0 atom stereocenters. The summed E-state index contributed by atoms with van der Waals surface area (Å²) < 4.78 is 2.19. The SMILES string of the molecule is CC[N+](CC)(CCCCN(CC1CC1)C(=O)c1sc2ccccc2c1Cl)Cc1cc(C)cc(C)c1.[Br-]. The number of carbonyl (C=O) groups is 1. The number of quaternary nitrogens is 1. The number of hydrogen-bond acceptors (Lipinski definition) is 2. The quantitative estimate of drug-likeness (QED) is 0.218. The summed E-state index contributed by atoms with van der Waals surface area (Å²) in [5, 5.41) is 1.62. The Bertz CT molecular complexity index is 1150. The fourth-order valence-electron chi connectivity index (χ4n) is 5.32. The summed E-state index contributed by atoms with van der Waals surface area (Å²) in [6.07, 6.45) is 4.64. The van der Waals surface area contributed by atoms with E-state index in [9.17, 15) is 4.79 Å². The zero-order valence-corrected chi connectivity index (χ0v) is 25.3. The normalized spacial score (nSPS) is 13.6. The van der Waals surface area contributed by atoms with Gasteiger partial charge in [0.2, 0.25) is 0 Å². The van der Waals surface area contributed by atoms with E-state index in [0.717, 1.165) is 66.7 Å². The molecule has 0 N–H and O–H groups in total. The molecule has 0 unspecified atom stereocenters. The Morgan fingerprint density at radius 1 is 1.06 bits per heavy atom. The molecular weight excluding hydrogens is 552 g/mol. The summed E-state index contributed by atoms with van der Waals surface area (Å²) in [6, 6.07) is 15.0. The van der Waals surface area contributed by atoms with Gasteiger partial charge in [0.05, 0.1) is 24.7 Å². The van der Waals surface area contributed by atoms with Crippen LogP contribution in [0.4, 0.5) is 0 Å².